The van der Waals surface area contributed by atoms with E-state index in [0.29, 0.717) is 12.6 Å². The van der Waals surface area contributed by atoms with Crippen LogP contribution in [0.15, 0.2) is 36.4 Å². The minimum absolute atomic E-state index is 0.0605. The van der Waals surface area contributed by atoms with Crippen LogP contribution in [-0.2, 0) is 0 Å². The summed E-state index contributed by atoms with van der Waals surface area (Å²) in [6.45, 7) is 8.34. The number of carbonyl (C=O) groups excluding carboxylic acids is 1. The van der Waals surface area contributed by atoms with E-state index in [2.05, 4.69) is 16.8 Å². The van der Waals surface area contributed by atoms with Crippen LogP contribution in [0.3, 0.4) is 0 Å². The minimum Gasteiger partial charge on any atom is -0.489 e. The van der Waals surface area contributed by atoms with Gasteiger partial charge in [-0.25, -0.2) is 4.79 Å². The van der Waals surface area contributed by atoms with Crippen molar-refractivity contribution in [3.63, 3.8) is 0 Å². The highest BCUT2D eigenvalue weighted by atomic mass is 16.5. The number of benzene rings is 1. The SMILES string of the molecule is C=C(C)COc1cccc(NC(=O)N(C)C2CCN(C3CC3)C2)c1. The maximum atomic E-state index is 12.5. The Labute approximate surface area is 144 Å². The third-order valence-electron chi connectivity index (χ3n) is 4.70. The zero-order valence-electron chi connectivity index (χ0n) is 14.6. The Hall–Kier alpha value is -2.01. The van der Waals surface area contributed by atoms with Crippen LogP contribution in [0.4, 0.5) is 10.5 Å². The van der Waals surface area contributed by atoms with Crippen molar-refractivity contribution in [1.82, 2.24) is 9.80 Å². The summed E-state index contributed by atoms with van der Waals surface area (Å²) in [6, 6.07) is 8.50. The first-order valence-electron chi connectivity index (χ1n) is 8.68. The van der Waals surface area contributed by atoms with Gasteiger partial charge in [0.1, 0.15) is 12.4 Å². The second-order valence-corrected chi connectivity index (χ2v) is 6.98. The summed E-state index contributed by atoms with van der Waals surface area (Å²) >= 11 is 0. The number of urea groups is 1. The average Bonchev–Trinajstić information content (AvgIpc) is 3.30. The standard InChI is InChI=1S/C19H27N3O2/c1-14(2)13-24-18-6-4-5-15(11-18)20-19(23)21(3)17-9-10-22(12-17)16-7-8-16/h4-6,11,16-17H,1,7-10,12-13H2,2-3H3,(H,20,23). The number of likely N-dealkylation sites (tertiary alicyclic amines) is 1. The quantitative estimate of drug-likeness (QED) is 0.814. The Bertz CT molecular complexity index is 612. The van der Waals surface area contributed by atoms with Gasteiger partial charge in [-0.2, -0.15) is 0 Å². The smallest absolute Gasteiger partial charge is 0.321 e. The first kappa shape index (κ1) is 16.8. The fraction of sp³-hybridized carbons (Fsp3) is 0.526. The number of hydrogen-bond acceptors (Lipinski definition) is 3. The van der Waals surface area contributed by atoms with Crippen LogP contribution in [0, 0.1) is 0 Å². The summed E-state index contributed by atoms with van der Waals surface area (Å²) in [5.74, 6) is 0.735. The number of likely N-dealkylation sites (N-methyl/N-ethyl adjacent to an activating group) is 1. The molecule has 1 aromatic rings. The minimum atomic E-state index is -0.0605. The molecule has 1 aromatic carbocycles. The third-order valence-corrected chi connectivity index (χ3v) is 4.70. The van der Waals surface area contributed by atoms with Crippen LogP contribution < -0.4 is 10.1 Å². The number of carbonyl (C=O) groups is 1. The van der Waals surface area contributed by atoms with E-state index in [9.17, 15) is 4.79 Å². The molecule has 0 spiro atoms. The first-order chi connectivity index (χ1) is 11.5. The number of nitrogens with one attached hydrogen (secondary N) is 1. The van der Waals surface area contributed by atoms with Gasteiger partial charge in [0.05, 0.1) is 0 Å². The molecule has 1 saturated heterocycles. The molecule has 1 aliphatic heterocycles. The predicted octanol–water partition coefficient (Wildman–Crippen LogP) is 3.34. The molecule has 2 amide bonds. The van der Waals surface area contributed by atoms with Crippen molar-refractivity contribution in [2.45, 2.75) is 38.3 Å². The maximum absolute atomic E-state index is 12.5. The van der Waals surface area contributed by atoms with Crippen molar-refractivity contribution < 1.29 is 9.53 Å². The number of rotatable bonds is 6. The summed E-state index contributed by atoms with van der Waals surface area (Å²) in [4.78, 5) is 16.9. The topological polar surface area (TPSA) is 44.8 Å². The Morgan fingerprint density at radius 3 is 2.92 bits per heavy atom. The maximum Gasteiger partial charge on any atom is 0.321 e. The van der Waals surface area contributed by atoms with Gasteiger partial charge in [0, 0.05) is 44.0 Å². The van der Waals surface area contributed by atoms with Gasteiger partial charge >= 0.3 is 6.03 Å². The largest absolute Gasteiger partial charge is 0.489 e. The molecule has 130 valence electrons. The van der Waals surface area contributed by atoms with Crippen LogP contribution in [-0.4, -0.2) is 54.7 Å². The van der Waals surface area contributed by atoms with E-state index in [4.69, 9.17) is 4.74 Å². The van der Waals surface area contributed by atoms with E-state index < -0.39 is 0 Å². The van der Waals surface area contributed by atoms with E-state index in [0.717, 1.165) is 42.6 Å². The predicted molar refractivity (Wildman–Crippen MR) is 96.5 cm³/mol. The third kappa shape index (κ3) is 4.29. The highest BCUT2D eigenvalue weighted by molar-refractivity contribution is 5.89. The van der Waals surface area contributed by atoms with Gasteiger partial charge in [0.15, 0.2) is 0 Å². The summed E-state index contributed by atoms with van der Waals surface area (Å²) < 4.78 is 5.63. The lowest BCUT2D eigenvalue weighted by molar-refractivity contribution is 0.201. The Morgan fingerprint density at radius 2 is 2.21 bits per heavy atom. The van der Waals surface area contributed by atoms with E-state index in [1.54, 1.807) is 0 Å². The van der Waals surface area contributed by atoms with Gasteiger partial charge in [-0.3, -0.25) is 4.90 Å². The number of amides is 2. The second kappa shape index (κ2) is 7.26. The van der Waals surface area contributed by atoms with Crippen LogP contribution in [0.25, 0.3) is 0 Å². The fourth-order valence-electron chi connectivity index (χ4n) is 3.10. The average molecular weight is 329 g/mol. The van der Waals surface area contributed by atoms with E-state index >= 15 is 0 Å². The van der Waals surface area contributed by atoms with Crippen molar-refractivity contribution in [1.29, 1.82) is 0 Å². The molecular weight excluding hydrogens is 302 g/mol. The van der Waals surface area contributed by atoms with Crippen LogP contribution in [0.2, 0.25) is 0 Å². The van der Waals surface area contributed by atoms with Gasteiger partial charge in [0.2, 0.25) is 0 Å². The number of ether oxygens (including phenoxy) is 1. The number of anilines is 1. The Kier molecular flexibility index (Phi) is 5.09. The number of nitrogens with zero attached hydrogens (tertiary/aromatic N) is 2. The summed E-state index contributed by atoms with van der Waals surface area (Å²) in [5, 5.41) is 2.97. The molecular formula is C19H27N3O2. The molecule has 0 aromatic heterocycles. The van der Waals surface area contributed by atoms with Crippen molar-refractivity contribution >= 4 is 11.7 Å². The molecule has 1 heterocycles. The lowest BCUT2D eigenvalue weighted by Crippen LogP contribution is -2.41. The zero-order valence-corrected chi connectivity index (χ0v) is 14.6. The van der Waals surface area contributed by atoms with Crippen molar-refractivity contribution in [3.05, 3.63) is 36.4 Å². The zero-order chi connectivity index (χ0) is 17.1. The molecule has 0 bridgehead atoms. The highest BCUT2D eigenvalue weighted by Crippen LogP contribution is 2.31. The molecule has 5 heteroatoms. The Morgan fingerprint density at radius 1 is 1.42 bits per heavy atom. The molecule has 2 fully saturated rings. The van der Waals surface area contributed by atoms with Crippen molar-refractivity contribution in [3.8, 4) is 5.75 Å². The first-order valence-corrected chi connectivity index (χ1v) is 8.68. The van der Waals surface area contributed by atoms with E-state index in [1.165, 1.54) is 12.8 Å². The molecule has 1 atom stereocenters. The molecule has 24 heavy (non-hydrogen) atoms. The van der Waals surface area contributed by atoms with Gasteiger partial charge < -0.3 is 15.0 Å². The molecule has 1 unspecified atom stereocenters. The summed E-state index contributed by atoms with van der Waals surface area (Å²) in [5.41, 5.74) is 1.72. The van der Waals surface area contributed by atoms with E-state index in [-0.39, 0.29) is 6.03 Å². The fourth-order valence-corrected chi connectivity index (χ4v) is 3.10. The van der Waals surface area contributed by atoms with Gasteiger partial charge in [0.25, 0.3) is 0 Å². The van der Waals surface area contributed by atoms with Crippen molar-refractivity contribution in [2.75, 3.05) is 32.1 Å². The van der Waals surface area contributed by atoms with Gasteiger partial charge in [-0.15, -0.1) is 0 Å². The molecule has 1 N–H and O–H groups in total. The highest BCUT2D eigenvalue weighted by Gasteiger charge is 2.36. The molecule has 2 aliphatic rings. The lowest BCUT2D eigenvalue weighted by Gasteiger charge is -2.25. The van der Waals surface area contributed by atoms with Crippen LogP contribution in [0.5, 0.6) is 5.75 Å². The summed E-state index contributed by atoms with van der Waals surface area (Å²) in [6.07, 6.45) is 3.70. The number of hydrogen-bond donors (Lipinski definition) is 1. The molecule has 1 saturated carbocycles. The second-order valence-electron chi connectivity index (χ2n) is 6.98. The van der Waals surface area contributed by atoms with E-state index in [1.807, 2.05) is 43.1 Å². The van der Waals surface area contributed by atoms with Crippen LogP contribution in [0.1, 0.15) is 26.2 Å². The molecule has 0 radical (unpaired) electrons. The van der Waals surface area contributed by atoms with Crippen LogP contribution >= 0.6 is 0 Å². The lowest BCUT2D eigenvalue weighted by atomic mass is 10.2. The van der Waals surface area contributed by atoms with Gasteiger partial charge in [-0.1, -0.05) is 12.6 Å². The molecule has 3 rings (SSSR count). The normalized spacial score (nSPS) is 20.7. The Balaban J connectivity index is 1.53. The summed E-state index contributed by atoms with van der Waals surface area (Å²) in [7, 11) is 1.89. The molecule has 1 aliphatic carbocycles. The molecule has 5 nitrogen and oxygen atoms in total. The monoisotopic (exact) mass is 329 g/mol. The van der Waals surface area contributed by atoms with Crippen molar-refractivity contribution in [2.24, 2.45) is 0 Å². The van der Waals surface area contributed by atoms with Gasteiger partial charge in [-0.05, 0) is 43.9 Å².